The van der Waals surface area contributed by atoms with Gasteiger partial charge in [0.25, 0.3) is 0 Å². The van der Waals surface area contributed by atoms with Crippen molar-refractivity contribution >= 4 is 17.2 Å². The van der Waals surface area contributed by atoms with Crippen LogP contribution in [0, 0.1) is 5.41 Å². The molecular formula is C13H16N4S. The van der Waals surface area contributed by atoms with E-state index in [0.717, 1.165) is 24.3 Å². The third-order valence-corrected chi connectivity index (χ3v) is 3.27. The fraction of sp³-hybridized carbons (Fsp3) is 0.231. The lowest BCUT2D eigenvalue weighted by Gasteiger charge is -2.15. The number of benzene rings is 1. The quantitative estimate of drug-likeness (QED) is 0.639. The molecule has 0 atom stereocenters. The lowest BCUT2D eigenvalue weighted by molar-refractivity contribution is 0.316. The molecule has 0 spiro atoms. The highest BCUT2D eigenvalue weighted by Crippen LogP contribution is 2.09. The van der Waals surface area contributed by atoms with Crippen LogP contribution in [-0.4, -0.2) is 22.8 Å². The zero-order valence-electron chi connectivity index (χ0n) is 10.3. The maximum absolute atomic E-state index is 7.34. The summed E-state index contributed by atoms with van der Waals surface area (Å²) in [7, 11) is 2.07. The molecular weight excluding hydrogens is 244 g/mol. The molecule has 2 rings (SSSR count). The van der Waals surface area contributed by atoms with Crippen molar-refractivity contribution in [2.24, 2.45) is 5.73 Å². The van der Waals surface area contributed by atoms with Crippen molar-refractivity contribution in [3.63, 3.8) is 0 Å². The normalized spacial score (nSPS) is 10.8. The zero-order valence-corrected chi connectivity index (χ0v) is 11.1. The molecule has 2 aromatic rings. The predicted molar refractivity (Wildman–Crippen MR) is 74.7 cm³/mol. The second-order valence-corrected chi connectivity index (χ2v) is 4.98. The van der Waals surface area contributed by atoms with E-state index < -0.39 is 0 Å². The van der Waals surface area contributed by atoms with E-state index in [-0.39, 0.29) is 5.84 Å². The first kappa shape index (κ1) is 12.7. The van der Waals surface area contributed by atoms with Crippen molar-refractivity contribution in [3.05, 3.63) is 52.0 Å². The summed E-state index contributed by atoms with van der Waals surface area (Å²) in [5.41, 5.74) is 10.3. The number of nitrogens with one attached hydrogen (secondary N) is 1. The Kier molecular flexibility index (Phi) is 4.07. The monoisotopic (exact) mass is 260 g/mol. The lowest BCUT2D eigenvalue weighted by Crippen LogP contribution is -2.17. The van der Waals surface area contributed by atoms with Gasteiger partial charge >= 0.3 is 0 Å². The van der Waals surface area contributed by atoms with Crippen LogP contribution in [0.25, 0.3) is 0 Å². The average molecular weight is 260 g/mol. The number of hydrogen-bond acceptors (Lipinski definition) is 4. The van der Waals surface area contributed by atoms with Gasteiger partial charge in [0, 0.05) is 24.0 Å². The van der Waals surface area contributed by atoms with Crippen LogP contribution in [0.2, 0.25) is 0 Å². The van der Waals surface area contributed by atoms with Gasteiger partial charge in [0.15, 0.2) is 0 Å². The van der Waals surface area contributed by atoms with E-state index in [1.807, 2.05) is 29.8 Å². The van der Waals surface area contributed by atoms with Gasteiger partial charge in [-0.15, -0.1) is 11.3 Å². The molecule has 0 bridgehead atoms. The van der Waals surface area contributed by atoms with E-state index in [4.69, 9.17) is 11.1 Å². The van der Waals surface area contributed by atoms with Crippen LogP contribution >= 0.6 is 11.3 Å². The molecule has 0 saturated carbocycles. The summed E-state index contributed by atoms with van der Waals surface area (Å²) < 4.78 is 0. The predicted octanol–water partition coefficient (Wildman–Crippen LogP) is 2.06. The molecule has 0 unspecified atom stereocenters. The van der Waals surface area contributed by atoms with Crippen molar-refractivity contribution in [2.75, 3.05) is 7.05 Å². The second kappa shape index (κ2) is 5.75. The molecule has 18 heavy (non-hydrogen) atoms. The number of nitrogens with zero attached hydrogens (tertiary/aromatic N) is 2. The van der Waals surface area contributed by atoms with Crippen LogP contribution < -0.4 is 5.73 Å². The molecule has 0 fully saturated rings. The number of aromatic nitrogens is 1. The van der Waals surface area contributed by atoms with Gasteiger partial charge in [0.1, 0.15) is 5.84 Å². The molecule has 0 aliphatic heterocycles. The van der Waals surface area contributed by atoms with E-state index in [0.29, 0.717) is 0 Å². The minimum Gasteiger partial charge on any atom is -0.384 e. The Hall–Kier alpha value is -1.72. The minimum atomic E-state index is 0.109. The Bertz CT molecular complexity index is 504. The van der Waals surface area contributed by atoms with Crippen molar-refractivity contribution in [2.45, 2.75) is 13.1 Å². The second-order valence-electron chi connectivity index (χ2n) is 4.26. The molecule has 1 heterocycles. The minimum absolute atomic E-state index is 0.109. The van der Waals surface area contributed by atoms with E-state index in [1.54, 1.807) is 11.3 Å². The number of nitrogen functional groups attached to an aromatic ring is 1. The highest BCUT2D eigenvalue weighted by Gasteiger charge is 2.04. The smallest absolute Gasteiger partial charge is 0.122 e. The largest absolute Gasteiger partial charge is 0.384 e. The van der Waals surface area contributed by atoms with Crippen LogP contribution in [0.4, 0.5) is 0 Å². The van der Waals surface area contributed by atoms with Crippen molar-refractivity contribution in [1.29, 1.82) is 5.41 Å². The summed E-state index contributed by atoms with van der Waals surface area (Å²) in [5, 5.41) is 9.40. The zero-order chi connectivity index (χ0) is 13.0. The number of nitrogens with two attached hydrogens (primary N) is 1. The Morgan fingerprint density at radius 2 is 2.06 bits per heavy atom. The number of hydrogen-bond donors (Lipinski definition) is 2. The topological polar surface area (TPSA) is 66.0 Å². The van der Waals surface area contributed by atoms with Gasteiger partial charge in [-0.1, -0.05) is 24.3 Å². The van der Waals surface area contributed by atoms with E-state index in [9.17, 15) is 0 Å². The Labute approximate surface area is 111 Å². The van der Waals surface area contributed by atoms with Gasteiger partial charge in [-0.2, -0.15) is 0 Å². The van der Waals surface area contributed by atoms with E-state index in [1.165, 1.54) is 5.56 Å². The van der Waals surface area contributed by atoms with Gasteiger partial charge in [-0.3, -0.25) is 10.3 Å². The first-order valence-corrected chi connectivity index (χ1v) is 6.58. The van der Waals surface area contributed by atoms with Crippen LogP contribution in [0.15, 0.2) is 35.2 Å². The molecule has 0 radical (unpaired) electrons. The van der Waals surface area contributed by atoms with E-state index >= 15 is 0 Å². The lowest BCUT2D eigenvalue weighted by atomic mass is 10.1. The van der Waals surface area contributed by atoms with Gasteiger partial charge < -0.3 is 5.73 Å². The number of amidine groups is 1. The van der Waals surface area contributed by atoms with Gasteiger partial charge in [0.2, 0.25) is 0 Å². The SMILES string of the molecule is CN(Cc1ccc(C(=N)N)cc1)Cc1cscn1. The third kappa shape index (κ3) is 3.38. The highest BCUT2D eigenvalue weighted by atomic mass is 32.1. The Morgan fingerprint density at radius 3 is 2.61 bits per heavy atom. The van der Waals surface area contributed by atoms with E-state index in [2.05, 4.69) is 22.3 Å². The molecule has 0 saturated heterocycles. The first-order chi connectivity index (χ1) is 8.65. The van der Waals surface area contributed by atoms with Crippen molar-refractivity contribution < 1.29 is 0 Å². The van der Waals surface area contributed by atoms with Crippen molar-refractivity contribution in [3.8, 4) is 0 Å². The number of thiazole rings is 1. The molecule has 3 N–H and O–H groups in total. The summed E-state index contributed by atoms with van der Waals surface area (Å²) in [5.74, 6) is 0.109. The fourth-order valence-corrected chi connectivity index (χ4v) is 2.30. The van der Waals surface area contributed by atoms with Crippen molar-refractivity contribution in [1.82, 2.24) is 9.88 Å². The summed E-state index contributed by atoms with van der Waals surface area (Å²) in [6, 6.07) is 7.78. The summed E-state index contributed by atoms with van der Waals surface area (Å²) in [4.78, 5) is 6.47. The standard InChI is InChI=1S/C13H16N4S/c1-17(7-12-8-18-9-16-12)6-10-2-4-11(5-3-10)13(14)15/h2-5,8-9H,6-7H2,1H3,(H3,14,15). The highest BCUT2D eigenvalue weighted by molar-refractivity contribution is 7.07. The maximum Gasteiger partial charge on any atom is 0.122 e. The molecule has 5 heteroatoms. The van der Waals surface area contributed by atoms with Gasteiger partial charge in [-0.05, 0) is 12.6 Å². The molecule has 94 valence electrons. The molecule has 0 aliphatic carbocycles. The molecule has 0 amide bonds. The van der Waals surface area contributed by atoms with Crippen LogP contribution in [0.1, 0.15) is 16.8 Å². The molecule has 0 aliphatic rings. The fourth-order valence-electron chi connectivity index (χ4n) is 1.75. The van der Waals surface area contributed by atoms with Crippen LogP contribution in [-0.2, 0) is 13.1 Å². The molecule has 4 nitrogen and oxygen atoms in total. The van der Waals surface area contributed by atoms with Gasteiger partial charge in [0.05, 0.1) is 11.2 Å². The Morgan fingerprint density at radius 1 is 1.33 bits per heavy atom. The Balaban J connectivity index is 1.94. The van der Waals surface area contributed by atoms with Gasteiger partial charge in [-0.25, -0.2) is 4.98 Å². The average Bonchev–Trinajstić information content (AvgIpc) is 2.82. The first-order valence-electron chi connectivity index (χ1n) is 5.64. The number of rotatable bonds is 5. The molecule has 1 aromatic carbocycles. The van der Waals surface area contributed by atoms with Crippen LogP contribution in [0.3, 0.4) is 0 Å². The summed E-state index contributed by atoms with van der Waals surface area (Å²) in [6.45, 7) is 1.70. The molecule has 1 aromatic heterocycles. The van der Waals surface area contributed by atoms with Crippen LogP contribution in [0.5, 0.6) is 0 Å². The third-order valence-electron chi connectivity index (χ3n) is 2.63. The maximum atomic E-state index is 7.34. The summed E-state index contributed by atoms with van der Waals surface area (Å²) in [6.07, 6.45) is 0. The summed E-state index contributed by atoms with van der Waals surface area (Å²) >= 11 is 1.62.